The van der Waals surface area contributed by atoms with E-state index < -0.39 is 6.04 Å². The maximum absolute atomic E-state index is 13.5. The fourth-order valence-corrected chi connectivity index (χ4v) is 6.84. The van der Waals surface area contributed by atoms with E-state index in [1.54, 1.807) is 6.07 Å². The molecule has 190 valence electrons. The number of ether oxygens (including phenoxy) is 1. The molecule has 0 spiro atoms. The number of piperidine rings is 3. The van der Waals surface area contributed by atoms with Gasteiger partial charge in [-0.05, 0) is 23.8 Å². The van der Waals surface area contributed by atoms with Gasteiger partial charge in [0.15, 0.2) is 12.1 Å². The molecule has 2 bridgehead atoms. The zero-order valence-electron chi connectivity index (χ0n) is 19.5. The molecule has 1 aromatic heterocycles. The average Bonchev–Trinajstić information content (AvgIpc) is 3.22. The number of para-hydroxylation sites is 1. The van der Waals surface area contributed by atoms with Gasteiger partial charge in [0.05, 0.1) is 23.0 Å². The van der Waals surface area contributed by atoms with Crippen LogP contribution in [0.1, 0.15) is 34.8 Å². The number of Topliss-reactive ketones (excluding diaryl/α,β-unsaturated/α-hetero) is 1. The molecule has 0 radical (unpaired) electrons. The lowest BCUT2D eigenvalue weighted by molar-refractivity contribution is -0.938. The summed E-state index contributed by atoms with van der Waals surface area (Å²) in [5.74, 6) is 0.0220. The zero-order chi connectivity index (χ0) is 24.4. The van der Waals surface area contributed by atoms with Crippen molar-refractivity contribution in [3.8, 4) is 0 Å². The monoisotopic (exact) mass is 564 g/mol. The molecule has 2 atom stereocenters. The zero-order valence-corrected chi connectivity index (χ0v) is 22.6. The van der Waals surface area contributed by atoms with Crippen LogP contribution in [0.25, 0.3) is 0 Å². The Bertz CT molecular complexity index is 1200. The number of quaternary nitrogens is 1. The molecule has 4 heterocycles. The van der Waals surface area contributed by atoms with Gasteiger partial charge >= 0.3 is 5.97 Å². The lowest BCUT2D eigenvalue weighted by Gasteiger charge is -2.51. The Morgan fingerprint density at radius 3 is 2.28 bits per heavy atom. The Balaban J connectivity index is 0.00000304. The minimum Gasteiger partial charge on any atom is -1.00 e. The van der Waals surface area contributed by atoms with E-state index in [9.17, 15) is 9.59 Å². The molecule has 0 saturated carbocycles. The summed E-state index contributed by atoms with van der Waals surface area (Å²) < 4.78 is 7.76. The van der Waals surface area contributed by atoms with Gasteiger partial charge in [-0.2, -0.15) is 0 Å². The minimum absolute atomic E-state index is 0. The van der Waals surface area contributed by atoms with Gasteiger partial charge in [-0.15, -0.1) is 11.3 Å². The van der Waals surface area contributed by atoms with Crippen molar-refractivity contribution in [2.24, 2.45) is 5.92 Å². The SMILES string of the molecule is O=C(C[N+]12CCC(CC1)[C@@H](OC(=O)[C@H](Nc1ccccc1)c1ccccc1)C2)c1cc(Cl)sc1Cl.[Cl-]. The van der Waals surface area contributed by atoms with Gasteiger partial charge in [-0.3, -0.25) is 4.79 Å². The normalized spacial score (nSPS) is 23.4. The number of thiophene rings is 1. The molecule has 3 aliphatic rings. The van der Waals surface area contributed by atoms with Crippen LogP contribution in [0.2, 0.25) is 8.67 Å². The summed E-state index contributed by atoms with van der Waals surface area (Å²) >= 11 is 13.5. The lowest BCUT2D eigenvalue weighted by Crippen LogP contribution is -3.00. The summed E-state index contributed by atoms with van der Waals surface area (Å²) in [5.41, 5.74) is 2.20. The number of rotatable bonds is 8. The first kappa shape index (κ1) is 27.0. The molecule has 3 saturated heterocycles. The first-order valence-corrected chi connectivity index (χ1v) is 13.4. The van der Waals surface area contributed by atoms with E-state index >= 15 is 0 Å². The molecule has 2 aromatic carbocycles. The summed E-state index contributed by atoms with van der Waals surface area (Å²) in [7, 11) is 0. The van der Waals surface area contributed by atoms with Crippen molar-refractivity contribution >= 4 is 52.0 Å². The molecule has 3 aliphatic heterocycles. The highest BCUT2D eigenvalue weighted by Crippen LogP contribution is 2.38. The van der Waals surface area contributed by atoms with Crippen LogP contribution < -0.4 is 17.7 Å². The lowest BCUT2D eigenvalue weighted by atomic mass is 9.82. The minimum atomic E-state index is -0.615. The van der Waals surface area contributed by atoms with Crippen LogP contribution in [0.15, 0.2) is 66.7 Å². The topological polar surface area (TPSA) is 55.4 Å². The quantitative estimate of drug-likeness (QED) is 0.259. The van der Waals surface area contributed by atoms with Gasteiger partial charge < -0.3 is 26.9 Å². The van der Waals surface area contributed by atoms with Gasteiger partial charge in [-0.1, -0.05) is 71.7 Å². The number of nitrogens with zero attached hydrogens (tertiary/aromatic N) is 1. The van der Waals surface area contributed by atoms with Crippen LogP contribution in [-0.4, -0.2) is 48.5 Å². The van der Waals surface area contributed by atoms with E-state index in [-0.39, 0.29) is 30.3 Å². The molecule has 1 N–H and O–H groups in total. The van der Waals surface area contributed by atoms with E-state index in [1.807, 2.05) is 60.7 Å². The molecule has 0 unspecified atom stereocenters. The Hall–Kier alpha value is -2.09. The van der Waals surface area contributed by atoms with Crippen molar-refractivity contribution in [1.29, 1.82) is 0 Å². The van der Waals surface area contributed by atoms with Crippen molar-refractivity contribution in [3.05, 3.63) is 86.5 Å². The predicted molar refractivity (Wildman–Crippen MR) is 140 cm³/mol. The Morgan fingerprint density at radius 2 is 1.67 bits per heavy atom. The number of carbonyl (C=O) groups is 2. The molecule has 5 nitrogen and oxygen atoms in total. The van der Waals surface area contributed by atoms with Crippen molar-refractivity contribution in [2.75, 3.05) is 31.5 Å². The molecule has 0 aliphatic carbocycles. The Labute approximate surface area is 231 Å². The number of fused-ring (bicyclic) bond motifs is 3. The Kier molecular flexibility index (Phi) is 8.63. The molecule has 3 fully saturated rings. The van der Waals surface area contributed by atoms with Crippen LogP contribution in [-0.2, 0) is 9.53 Å². The van der Waals surface area contributed by atoms with Gasteiger partial charge in [0.2, 0.25) is 5.78 Å². The largest absolute Gasteiger partial charge is 1.00 e. The fourth-order valence-electron chi connectivity index (χ4n) is 5.34. The van der Waals surface area contributed by atoms with Crippen molar-refractivity contribution in [3.63, 3.8) is 0 Å². The first-order valence-electron chi connectivity index (χ1n) is 11.8. The van der Waals surface area contributed by atoms with Crippen LogP contribution in [0.5, 0.6) is 0 Å². The summed E-state index contributed by atoms with van der Waals surface area (Å²) in [6, 6.07) is 20.4. The highest BCUT2D eigenvalue weighted by Gasteiger charge is 2.49. The molecular weight excluding hydrogens is 539 g/mol. The van der Waals surface area contributed by atoms with E-state index in [1.165, 1.54) is 11.3 Å². The number of anilines is 1. The second-order valence-electron chi connectivity index (χ2n) is 9.46. The standard InChI is InChI=1S/C27H27Cl2N2O3S.ClH/c28-24-15-21(26(29)35-24)22(32)16-31-13-11-18(12-14-31)23(17-31)34-27(33)25(19-7-3-1-4-8-19)30-20-9-5-2-6-10-20;/h1-10,15,18,23,25,30H,11-14,16-17H2;1H/q+1;/p-1/t18?,23-,25+,31?;/m0./s1. The molecular formula is C27H27Cl3N2O3S. The molecule has 0 amide bonds. The molecule has 9 heteroatoms. The van der Waals surface area contributed by atoms with E-state index in [0.717, 1.165) is 37.2 Å². The van der Waals surface area contributed by atoms with Gasteiger partial charge in [-0.25, -0.2) is 4.79 Å². The summed E-state index contributed by atoms with van der Waals surface area (Å²) in [5, 5.41) is 3.34. The van der Waals surface area contributed by atoms with Gasteiger partial charge in [0.1, 0.15) is 17.4 Å². The second kappa shape index (κ2) is 11.5. The number of nitrogens with one attached hydrogen (secondary N) is 1. The third-order valence-electron chi connectivity index (χ3n) is 7.20. The van der Waals surface area contributed by atoms with Crippen molar-refractivity contribution in [2.45, 2.75) is 25.0 Å². The first-order chi connectivity index (χ1) is 16.9. The number of carbonyl (C=O) groups excluding carboxylic acids is 2. The van der Waals surface area contributed by atoms with E-state index in [0.29, 0.717) is 37.7 Å². The van der Waals surface area contributed by atoms with E-state index in [4.69, 9.17) is 27.9 Å². The number of benzene rings is 2. The summed E-state index contributed by atoms with van der Waals surface area (Å²) in [6.45, 7) is 2.80. The smallest absolute Gasteiger partial charge is 0.333 e. The van der Waals surface area contributed by atoms with Gasteiger partial charge in [0, 0.05) is 24.4 Å². The maximum atomic E-state index is 13.5. The second-order valence-corrected chi connectivity index (χ2v) is 11.7. The van der Waals surface area contributed by atoms with Crippen LogP contribution >= 0.6 is 34.5 Å². The Morgan fingerprint density at radius 1 is 1.03 bits per heavy atom. The predicted octanol–water partition coefficient (Wildman–Crippen LogP) is 3.25. The molecule has 3 aromatic rings. The number of hydrogen-bond acceptors (Lipinski definition) is 5. The van der Waals surface area contributed by atoms with E-state index in [2.05, 4.69) is 5.32 Å². The average molecular weight is 566 g/mol. The summed E-state index contributed by atoms with van der Waals surface area (Å²) in [6.07, 6.45) is 1.65. The van der Waals surface area contributed by atoms with Crippen LogP contribution in [0.3, 0.4) is 0 Å². The molecule has 6 rings (SSSR count). The third kappa shape index (κ3) is 5.90. The van der Waals surface area contributed by atoms with Crippen LogP contribution in [0, 0.1) is 5.92 Å². The van der Waals surface area contributed by atoms with Gasteiger partial charge in [0.25, 0.3) is 0 Å². The number of ketones is 1. The molecule has 36 heavy (non-hydrogen) atoms. The number of esters is 1. The highest BCUT2D eigenvalue weighted by molar-refractivity contribution is 7.20. The highest BCUT2D eigenvalue weighted by atomic mass is 35.5. The maximum Gasteiger partial charge on any atom is 0.333 e. The number of hydrogen-bond donors (Lipinski definition) is 1. The fraction of sp³-hybridized carbons (Fsp3) is 0.333. The van der Waals surface area contributed by atoms with Crippen molar-refractivity contribution < 1.29 is 31.2 Å². The van der Waals surface area contributed by atoms with Crippen LogP contribution in [0.4, 0.5) is 5.69 Å². The summed E-state index contributed by atoms with van der Waals surface area (Å²) in [4.78, 5) is 26.6. The third-order valence-corrected chi connectivity index (χ3v) is 8.69. The van der Waals surface area contributed by atoms with Crippen molar-refractivity contribution in [1.82, 2.24) is 0 Å². The number of halogens is 3.